The van der Waals surface area contributed by atoms with Crippen LogP contribution in [-0.4, -0.2) is 17.4 Å². The molecule has 0 aliphatic heterocycles. The summed E-state index contributed by atoms with van der Waals surface area (Å²) in [4.78, 5) is 0. The topological polar surface area (TPSA) is 37.3 Å². The number of phenols is 1. The van der Waals surface area contributed by atoms with Gasteiger partial charge in [-0.3, -0.25) is 0 Å². The van der Waals surface area contributed by atoms with Crippen LogP contribution >= 0.6 is 7.80 Å². The zero-order valence-corrected chi connectivity index (χ0v) is 15.6. The Bertz CT molecular complexity index is 484. The van der Waals surface area contributed by atoms with Crippen LogP contribution in [0.15, 0.2) is 12.1 Å². The predicted octanol–water partition coefficient (Wildman–Crippen LogP) is 5.11. The van der Waals surface area contributed by atoms with E-state index in [2.05, 4.69) is 53.7 Å². The van der Waals surface area contributed by atoms with Gasteiger partial charge in [-0.05, 0) is 40.1 Å². The fourth-order valence-corrected chi connectivity index (χ4v) is 3.36. The summed E-state index contributed by atoms with van der Waals surface area (Å²) < 4.78 is 11.8. The summed E-state index contributed by atoms with van der Waals surface area (Å²) in [5, 5.41) is 10.7. The molecule has 1 atom stereocenters. The van der Waals surface area contributed by atoms with Gasteiger partial charge in [0.25, 0.3) is 0 Å². The Morgan fingerprint density at radius 2 is 1.43 bits per heavy atom. The number of aryl methyl sites for hydroxylation is 1. The van der Waals surface area contributed by atoms with Crippen LogP contribution in [0.3, 0.4) is 0 Å². The van der Waals surface area contributed by atoms with Gasteiger partial charge >= 0.3 is 0 Å². The number of benzene rings is 1. The minimum atomic E-state index is -1.44. The van der Waals surface area contributed by atoms with Crippen molar-refractivity contribution in [3.8, 4) is 5.75 Å². The second-order valence-electron chi connectivity index (χ2n) is 7.93. The first-order valence-electron chi connectivity index (χ1n) is 7.85. The van der Waals surface area contributed by atoms with Crippen LogP contribution in [0.2, 0.25) is 0 Å². The largest absolute Gasteiger partial charge is 0.507 e. The molecule has 0 aliphatic rings. The smallest absolute Gasteiger partial charge is 0.123 e. The summed E-state index contributed by atoms with van der Waals surface area (Å²) in [5.74, 6) is 0.418. The highest BCUT2D eigenvalue weighted by Crippen LogP contribution is 2.40. The van der Waals surface area contributed by atoms with E-state index in [4.69, 9.17) is 0 Å². The minimum Gasteiger partial charge on any atom is -0.507 e. The third-order valence-corrected chi connectivity index (χ3v) is 5.47. The van der Waals surface area contributed by atoms with Gasteiger partial charge in [0.05, 0.1) is 7.80 Å². The summed E-state index contributed by atoms with van der Waals surface area (Å²) in [6.07, 6.45) is 2.37. The lowest BCUT2D eigenvalue weighted by atomic mass is 9.78. The molecule has 0 amide bonds. The van der Waals surface area contributed by atoms with Crippen LogP contribution in [0, 0.1) is 0 Å². The van der Waals surface area contributed by atoms with E-state index in [0.29, 0.717) is 5.75 Å². The summed E-state index contributed by atoms with van der Waals surface area (Å²) in [5.41, 5.74) is 2.96. The molecule has 0 aromatic heterocycles. The predicted molar refractivity (Wildman–Crippen MR) is 93.6 cm³/mol. The van der Waals surface area contributed by atoms with Gasteiger partial charge in [-0.1, -0.05) is 60.6 Å². The van der Waals surface area contributed by atoms with Crippen LogP contribution in [-0.2, 0) is 21.8 Å². The van der Waals surface area contributed by atoms with Crippen molar-refractivity contribution in [3.05, 3.63) is 28.8 Å². The normalized spacial score (nSPS) is 14.2. The van der Waals surface area contributed by atoms with Crippen molar-refractivity contribution in [1.82, 2.24) is 0 Å². The summed E-state index contributed by atoms with van der Waals surface area (Å²) in [6, 6.07) is 4.19. The lowest BCUT2D eigenvalue weighted by Crippen LogP contribution is -2.18. The van der Waals surface area contributed by atoms with E-state index in [-0.39, 0.29) is 10.8 Å². The Morgan fingerprint density at radius 3 is 1.76 bits per heavy atom. The molecule has 1 N–H and O–H groups in total. The lowest BCUT2D eigenvalue weighted by Gasteiger charge is -2.28. The first-order chi connectivity index (χ1) is 9.46. The molecule has 0 aliphatic carbocycles. The van der Waals surface area contributed by atoms with Gasteiger partial charge < -0.3 is 9.67 Å². The van der Waals surface area contributed by atoms with Crippen molar-refractivity contribution in [3.63, 3.8) is 0 Å². The first-order valence-corrected chi connectivity index (χ1v) is 9.67. The maximum absolute atomic E-state index is 11.8. The molecule has 0 fully saturated rings. The highest BCUT2D eigenvalue weighted by atomic mass is 31.1. The second-order valence-corrected chi connectivity index (χ2v) is 10.2. The monoisotopic (exact) mass is 310 g/mol. The molecule has 1 aromatic rings. The zero-order chi connectivity index (χ0) is 16.4. The fraction of sp³-hybridized carbons (Fsp3) is 0.667. The summed E-state index contributed by atoms with van der Waals surface area (Å²) in [7, 11) is -1.44. The Hall–Kier alpha value is -0.750. The van der Waals surface area contributed by atoms with Gasteiger partial charge in [-0.15, -0.1) is 0 Å². The number of hydrogen-bond donors (Lipinski definition) is 1. The van der Waals surface area contributed by atoms with Crippen LogP contribution in [0.4, 0.5) is 0 Å². The van der Waals surface area contributed by atoms with Crippen LogP contribution in [0.5, 0.6) is 5.75 Å². The fourth-order valence-electron chi connectivity index (χ4n) is 2.44. The van der Waals surface area contributed by atoms with E-state index < -0.39 is 7.80 Å². The van der Waals surface area contributed by atoms with E-state index in [1.807, 2.05) is 6.92 Å². The Balaban J connectivity index is 3.31. The van der Waals surface area contributed by atoms with Crippen LogP contribution in [0.1, 0.15) is 65.2 Å². The van der Waals surface area contributed by atoms with Crippen LogP contribution < -0.4 is 0 Å². The van der Waals surface area contributed by atoms with Crippen molar-refractivity contribution in [2.75, 3.05) is 12.3 Å². The minimum absolute atomic E-state index is 0.101. The number of hydrogen-bond acceptors (Lipinski definition) is 2. The van der Waals surface area contributed by atoms with Crippen LogP contribution in [0.25, 0.3) is 0 Å². The quantitative estimate of drug-likeness (QED) is 0.785. The Kier molecular flexibility index (Phi) is 5.72. The molecule has 21 heavy (non-hydrogen) atoms. The van der Waals surface area contributed by atoms with E-state index in [0.717, 1.165) is 29.9 Å². The van der Waals surface area contributed by atoms with Gasteiger partial charge in [0.1, 0.15) is 5.75 Å². The molecule has 0 saturated heterocycles. The SMILES string of the molecule is CC[PH](=O)CCc1cc(C(C)(C)C)c(O)c(C(C)(C)C)c1. The number of rotatable bonds is 4. The average molecular weight is 310 g/mol. The summed E-state index contributed by atoms with van der Waals surface area (Å²) in [6.45, 7) is 14.7. The maximum atomic E-state index is 11.8. The molecule has 1 aromatic carbocycles. The molecule has 3 heteroatoms. The number of aromatic hydroxyl groups is 1. The van der Waals surface area contributed by atoms with Gasteiger partial charge in [-0.2, -0.15) is 0 Å². The summed E-state index contributed by atoms with van der Waals surface area (Å²) >= 11 is 0. The number of phenolic OH excluding ortho intramolecular Hbond substituents is 1. The van der Waals surface area contributed by atoms with Gasteiger partial charge in [0, 0.05) is 6.16 Å². The van der Waals surface area contributed by atoms with Crippen molar-refractivity contribution in [1.29, 1.82) is 0 Å². The van der Waals surface area contributed by atoms with E-state index in [9.17, 15) is 9.67 Å². The molecule has 2 nitrogen and oxygen atoms in total. The Labute approximate surface area is 130 Å². The second kappa shape index (κ2) is 6.57. The van der Waals surface area contributed by atoms with Crippen molar-refractivity contribution >= 4 is 7.80 Å². The van der Waals surface area contributed by atoms with Gasteiger partial charge in [0.15, 0.2) is 0 Å². The molecule has 0 heterocycles. The molecule has 0 saturated carbocycles. The molecule has 0 bridgehead atoms. The molecular weight excluding hydrogens is 279 g/mol. The van der Waals surface area contributed by atoms with Crippen molar-refractivity contribution in [2.24, 2.45) is 0 Å². The third kappa shape index (κ3) is 4.88. The highest BCUT2D eigenvalue weighted by molar-refractivity contribution is 7.44. The van der Waals surface area contributed by atoms with Gasteiger partial charge in [-0.25, -0.2) is 0 Å². The van der Waals surface area contributed by atoms with Crippen molar-refractivity contribution < 1.29 is 9.67 Å². The molecular formula is C18H31O2P. The van der Waals surface area contributed by atoms with E-state index in [1.54, 1.807) is 0 Å². The maximum Gasteiger partial charge on any atom is 0.123 e. The molecule has 0 spiro atoms. The van der Waals surface area contributed by atoms with E-state index >= 15 is 0 Å². The van der Waals surface area contributed by atoms with E-state index in [1.165, 1.54) is 5.56 Å². The standard InChI is InChI=1S/C18H31O2P/c1-8-21(20)10-9-13-11-14(17(2,3)4)16(19)15(12-13)18(5,6)7/h11-12,19,21H,8-10H2,1-7H3. The zero-order valence-electron chi connectivity index (χ0n) is 14.6. The molecule has 1 rings (SSSR count). The molecule has 120 valence electrons. The lowest BCUT2D eigenvalue weighted by molar-refractivity contribution is 0.423. The average Bonchev–Trinajstić information content (AvgIpc) is 2.34. The first kappa shape index (κ1) is 18.3. The third-order valence-electron chi connectivity index (χ3n) is 3.87. The van der Waals surface area contributed by atoms with Crippen molar-refractivity contribution in [2.45, 2.75) is 65.7 Å². The Morgan fingerprint density at radius 1 is 1.00 bits per heavy atom. The molecule has 0 radical (unpaired) electrons. The highest BCUT2D eigenvalue weighted by Gasteiger charge is 2.26. The molecule has 1 unspecified atom stereocenters. The van der Waals surface area contributed by atoms with Gasteiger partial charge in [0.2, 0.25) is 0 Å².